The number of alkyl halides is 1. The molecule has 0 saturated heterocycles. The van der Waals surface area contributed by atoms with Crippen LogP contribution in [0.2, 0.25) is 0 Å². The molecule has 0 amide bonds. The number of hydrogen-bond acceptors (Lipinski definition) is 2. The Balaban J connectivity index is 2.22. The first-order valence-corrected chi connectivity index (χ1v) is 6.88. The zero-order valence-electron chi connectivity index (χ0n) is 11.3. The molecule has 1 heterocycles. The van der Waals surface area contributed by atoms with E-state index >= 15 is 0 Å². The van der Waals surface area contributed by atoms with Gasteiger partial charge >= 0.3 is 0 Å². The molecule has 1 aliphatic rings. The lowest BCUT2D eigenvalue weighted by Gasteiger charge is -2.29. The van der Waals surface area contributed by atoms with Gasteiger partial charge in [-0.1, -0.05) is 38.5 Å². The number of para-hydroxylation sites is 1. The van der Waals surface area contributed by atoms with E-state index in [1.807, 2.05) is 6.07 Å². The Kier molecular flexibility index (Phi) is 4.59. The van der Waals surface area contributed by atoms with Gasteiger partial charge in [0, 0.05) is 31.4 Å². The van der Waals surface area contributed by atoms with Crippen LogP contribution in [-0.2, 0) is 6.54 Å². The molecule has 0 aliphatic carbocycles. The second-order valence-corrected chi connectivity index (χ2v) is 5.14. The third kappa shape index (κ3) is 2.83. The van der Waals surface area contributed by atoms with Crippen molar-refractivity contribution in [3.8, 4) is 0 Å². The molecule has 3 heteroatoms. The minimum absolute atomic E-state index is 0.290. The Morgan fingerprint density at radius 1 is 1.44 bits per heavy atom. The summed E-state index contributed by atoms with van der Waals surface area (Å²) in [5.74, 6) is 0.612. The largest absolute Gasteiger partial charge is 0.367 e. The predicted molar refractivity (Wildman–Crippen MR) is 74.7 cm³/mol. The number of rotatable bonds is 4. The van der Waals surface area contributed by atoms with Crippen LogP contribution in [0.5, 0.6) is 0 Å². The molecule has 0 aromatic heterocycles. The summed E-state index contributed by atoms with van der Waals surface area (Å²) in [6.45, 7) is 6.46. The molecule has 1 aromatic rings. The van der Waals surface area contributed by atoms with Crippen molar-refractivity contribution in [1.82, 2.24) is 5.32 Å². The molecule has 2 rings (SSSR count). The van der Waals surface area contributed by atoms with Crippen molar-refractivity contribution in [2.75, 3.05) is 24.7 Å². The number of benzene rings is 1. The number of fused-ring (bicyclic) bond motifs is 1. The van der Waals surface area contributed by atoms with Gasteiger partial charge in [0.05, 0.1) is 0 Å². The Bertz CT molecular complexity index is 381. The highest BCUT2D eigenvalue weighted by molar-refractivity contribution is 5.54. The number of nitrogens with zero attached hydrogens (tertiary/aromatic N) is 1. The van der Waals surface area contributed by atoms with Gasteiger partial charge in [-0.2, -0.15) is 0 Å². The van der Waals surface area contributed by atoms with Gasteiger partial charge in [-0.15, -0.1) is 0 Å². The highest BCUT2D eigenvalue weighted by Crippen LogP contribution is 2.25. The van der Waals surface area contributed by atoms with Crippen molar-refractivity contribution in [3.05, 3.63) is 29.8 Å². The second kappa shape index (κ2) is 6.19. The summed E-state index contributed by atoms with van der Waals surface area (Å²) < 4.78 is 12.8. The second-order valence-electron chi connectivity index (χ2n) is 5.14. The Morgan fingerprint density at radius 3 is 2.94 bits per heavy atom. The van der Waals surface area contributed by atoms with E-state index in [0.29, 0.717) is 18.5 Å². The smallest absolute Gasteiger partial charge is 0.107 e. The van der Waals surface area contributed by atoms with Crippen LogP contribution >= 0.6 is 0 Å². The summed E-state index contributed by atoms with van der Waals surface area (Å²) in [7, 11) is 0. The summed E-state index contributed by atoms with van der Waals surface area (Å²) >= 11 is 0. The lowest BCUT2D eigenvalue weighted by Crippen LogP contribution is -2.43. The number of anilines is 1. The molecule has 2 unspecified atom stereocenters. The number of hydrogen-bond donors (Lipinski definition) is 1. The van der Waals surface area contributed by atoms with E-state index in [1.54, 1.807) is 0 Å². The van der Waals surface area contributed by atoms with Crippen molar-refractivity contribution in [3.63, 3.8) is 0 Å². The van der Waals surface area contributed by atoms with E-state index in [2.05, 4.69) is 42.3 Å². The van der Waals surface area contributed by atoms with Crippen molar-refractivity contribution < 1.29 is 4.39 Å². The van der Waals surface area contributed by atoms with Crippen LogP contribution in [0.4, 0.5) is 10.1 Å². The number of nitrogens with one attached hydrogen (secondary N) is 1. The van der Waals surface area contributed by atoms with E-state index in [9.17, 15) is 4.39 Å². The molecular formula is C15H23FN2. The summed E-state index contributed by atoms with van der Waals surface area (Å²) in [6, 6.07) is 8.76. The predicted octanol–water partition coefficient (Wildman–Crippen LogP) is 2.98. The normalized spacial score (nSPS) is 21.3. The lowest BCUT2D eigenvalue weighted by atomic mass is 9.99. The molecule has 100 valence electrons. The van der Waals surface area contributed by atoms with Crippen LogP contribution in [0.3, 0.4) is 0 Å². The lowest BCUT2D eigenvalue weighted by molar-refractivity contribution is 0.366. The van der Waals surface area contributed by atoms with Gasteiger partial charge in [-0.3, -0.25) is 0 Å². The highest BCUT2D eigenvalue weighted by atomic mass is 19.1. The van der Waals surface area contributed by atoms with E-state index in [0.717, 1.165) is 19.5 Å². The van der Waals surface area contributed by atoms with Crippen LogP contribution in [-0.4, -0.2) is 25.8 Å². The van der Waals surface area contributed by atoms with Gasteiger partial charge in [0.15, 0.2) is 0 Å². The van der Waals surface area contributed by atoms with Crippen LogP contribution in [0.1, 0.15) is 25.8 Å². The minimum atomic E-state index is -0.290. The standard InChI is InChI=1S/C15H23FN2/c1-3-12(2)14-11-18(9-8-16)15-7-5-4-6-13(15)10-17-14/h4-7,12,14,17H,3,8-11H2,1-2H3. The average Bonchev–Trinajstić information content (AvgIpc) is 2.59. The molecule has 0 spiro atoms. The van der Waals surface area contributed by atoms with E-state index in [4.69, 9.17) is 0 Å². The summed E-state index contributed by atoms with van der Waals surface area (Å²) in [5.41, 5.74) is 2.46. The molecule has 1 N–H and O–H groups in total. The molecule has 2 atom stereocenters. The van der Waals surface area contributed by atoms with Crippen LogP contribution in [0.25, 0.3) is 0 Å². The van der Waals surface area contributed by atoms with Crippen molar-refractivity contribution in [2.45, 2.75) is 32.9 Å². The first kappa shape index (κ1) is 13.3. The maximum atomic E-state index is 12.8. The fraction of sp³-hybridized carbons (Fsp3) is 0.600. The molecule has 0 fully saturated rings. The van der Waals surface area contributed by atoms with E-state index in [1.165, 1.54) is 11.3 Å². The van der Waals surface area contributed by atoms with Gasteiger partial charge in [0.2, 0.25) is 0 Å². The Labute approximate surface area is 109 Å². The minimum Gasteiger partial charge on any atom is -0.367 e. The van der Waals surface area contributed by atoms with E-state index < -0.39 is 0 Å². The van der Waals surface area contributed by atoms with Gasteiger partial charge in [-0.25, -0.2) is 4.39 Å². The Morgan fingerprint density at radius 2 is 2.22 bits per heavy atom. The van der Waals surface area contributed by atoms with Crippen molar-refractivity contribution in [2.24, 2.45) is 5.92 Å². The molecule has 1 aromatic carbocycles. The molecule has 0 radical (unpaired) electrons. The fourth-order valence-electron chi connectivity index (χ4n) is 2.59. The van der Waals surface area contributed by atoms with Crippen LogP contribution in [0, 0.1) is 5.92 Å². The number of halogens is 1. The third-order valence-corrected chi connectivity index (χ3v) is 3.99. The molecule has 18 heavy (non-hydrogen) atoms. The highest BCUT2D eigenvalue weighted by Gasteiger charge is 2.23. The topological polar surface area (TPSA) is 15.3 Å². The fourth-order valence-corrected chi connectivity index (χ4v) is 2.59. The molecule has 0 saturated carbocycles. The quantitative estimate of drug-likeness (QED) is 0.883. The average molecular weight is 250 g/mol. The van der Waals surface area contributed by atoms with Gasteiger partial charge in [-0.05, 0) is 17.5 Å². The summed E-state index contributed by atoms with van der Waals surface area (Å²) in [6.07, 6.45) is 1.15. The molecular weight excluding hydrogens is 227 g/mol. The molecule has 0 bridgehead atoms. The summed E-state index contributed by atoms with van der Waals surface area (Å²) in [5, 5.41) is 3.61. The first-order valence-electron chi connectivity index (χ1n) is 6.88. The van der Waals surface area contributed by atoms with Crippen molar-refractivity contribution >= 4 is 5.69 Å². The maximum Gasteiger partial charge on any atom is 0.107 e. The van der Waals surface area contributed by atoms with Gasteiger partial charge in [0.1, 0.15) is 6.67 Å². The zero-order valence-corrected chi connectivity index (χ0v) is 11.3. The molecule has 1 aliphatic heterocycles. The third-order valence-electron chi connectivity index (χ3n) is 3.99. The molecule has 2 nitrogen and oxygen atoms in total. The SMILES string of the molecule is CCC(C)C1CN(CCF)c2ccccc2CN1. The first-order chi connectivity index (χ1) is 8.76. The van der Waals surface area contributed by atoms with Gasteiger partial charge in [0.25, 0.3) is 0 Å². The maximum absolute atomic E-state index is 12.8. The zero-order chi connectivity index (χ0) is 13.0. The van der Waals surface area contributed by atoms with Crippen LogP contribution in [0.15, 0.2) is 24.3 Å². The monoisotopic (exact) mass is 250 g/mol. The summed E-state index contributed by atoms with van der Waals surface area (Å²) in [4.78, 5) is 2.19. The van der Waals surface area contributed by atoms with Crippen LogP contribution < -0.4 is 10.2 Å². The van der Waals surface area contributed by atoms with Gasteiger partial charge < -0.3 is 10.2 Å². The Hall–Kier alpha value is -1.09. The van der Waals surface area contributed by atoms with E-state index in [-0.39, 0.29) is 6.67 Å². The van der Waals surface area contributed by atoms with Crippen molar-refractivity contribution in [1.29, 1.82) is 0 Å².